The Morgan fingerprint density at radius 2 is 0.568 bits per heavy atom. The summed E-state index contributed by atoms with van der Waals surface area (Å²) in [5, 5.41) is 9.82. The second-order valence-electron chi connectivity index (χ2n) is 14.8. The van der Waals surface area contributed by atoms with Crippen LogP contribution in [0.4, 0.5) is 0 Å². The molecule has 2 atom stereocenters. The molecule has 0 saturated carbocycles. The van der Waals surface area contributed by atoms with Gasteiger partial charge in [0.15, 0.2) is 0 Å². The van der Waals surface area contributed by atoms with Crippen LogP contribution in [-0.2, 0) is 4.79 Å². The molecule has 0 saturated heterocycles. The lowest BCUT2D eigenvalue weighted by Crippen LogP contribution is -2.21. The Morgan fingerprint density at radius 1 is 0.364 bits per heavy atom. The normalized spacial score (nSPS) is 13.0. The molecule has 0 aliphatic rings. The van der Waals surface area contributed by atoms with Gasteiger partial charge in [0.1, 0.15) is 0 Å². The average molecular weight is 621 g/mol. The zero-order valence-corrected chi connectivity index (χ0v) is 31.0. The fraction of sp³-hybridized carbons (Fsp3) is 0.976. The van der Waals surface area contributed by atoms with E-state index in [-0.39, 0.29) is 5.92 Å². The van der Waals surface area contributed by atoms with Crippen molar-refractivity contribution in [3.63, 3.8) is 0 Å². The number of unbranched alkanes of at least 4 members (excludes halogenated alkanes) is 32. The molecule has 1 N–H and O–H groups in total. The maximum atomic E-state index is 11.9. The lowest BCUT2D eigenvalue weighted by atomic mass is 9.85. The van der Waals surface area contributed by atoms with Crippen molar-refractivity contribution in [2.24, 2.45) is 11.8 Å². The summed E-state index contributed by atoms with van der Waals surface area (Å²) in [6, 6.07) is 0. The standard InChI is InChI=1S/C42H84O2/c1-4-6-8-10-12-14-16-18-20-22-23-25-27-29-31-33-35-37-39-41(42(43)44)40(3)38-36-34-32-30-28-26-24-21-19-17-15-13-11-9-7-5-2/h40-41H,4-39H2,1-3H3,(H,43,44). The maximum Gasteiger partial charge on any atom is 0.306 e. The first-order valence-corrected chi connectivity index (χ1v) is 20.9. The van der Waals surface area contributed by atoms with Gasteiger partial charge in [-0.2, -0.15) is 0 Å². The van der Waals surface area contributed by atoms with Crippen molar-refractivity contribution in [2.75, 3.05) is 0 Å². The van der Waals surface area contributed by atoms with Crippen LogP contribution in [0.3, 0.4) is 0 Å². The number of carbonyl (C=O) groups is 1. The fourth-order valence-electron chi connectivity index (χ4n) is 7.13. The van der Waals surface area contributed by atoms with Gasteiger partial charge < -0.3 is 5.11 Å². The highest BCUT2D eigenvalue weighted by Gasteiger charge is 2.23. The monoisotopic (exact) mass is 621 g/mol. The quantitative estimate of drug-likeness (QED) is 0.0697. The minimum atomic E-state index is -0.555. The predicted molar refractivity (Wildman–Crippen MR) is 198 cm³/mol. The van der Waals surface area contributed by atoms with Crippen molar-refractivity contribution in [1.29, 1.82) is 0 Å². The molecule has 0 aromatic heterocycles. The van der Waals surface area contributed by atoms with Crippen molar-refractivity contribution < 1.29 is 9.90 Å². The first-order chi connectivity index (χ1) is 21.6. The average Bonchev–Trinajstić information content (AvgIpc) is 3.01. The van der Waals surface area contributed by atoms with Crippen LogP contribution in [0.5, 0.6) is 0 Å². The molecule has 2 nitrogen and oxygen atoms in total. The molecule has 2 heteroatoms. The van der Waals surface area contributed by atoms with Gasteiger partial charge in [-0.3, -0.25) is 4.79 Å². The summed E-state index contributed by atoms with van der Waals surface area (Å²) in [5.41, 5.74) is 0. The smallest absolute Gasteiger partial charge is 0.306 e. The SMILES string of the molecule is CCCCCCCCCCCCCCCCCCCCC(C(=O)O)C(C)CCCCCCCCCCCCCCCCCC. The van der Waals surface area contributed by atoms with Gasteiger partial charge in [-0.15, -0.1) is 0 Å². The van der Waals surface area contributed by atoms with Gasteiger partial charge in [-0.05, 0) is 18.8 Å². The molecule has 0 heterocycles. The van der Waals surface area contributed by atoms with E-state index in [2.05, 4.69) is 20.8 Å². The van der Waals surface area contributed by atoms with Crippen LogP contribution < -0.4 is 0 Å². The molecule has 0 radical (unpaired) electrons. The van der Waals surface area contributed by atoms with Gasteiger partial charge in [0.2, 0.25) is 0 Å². The van der Waals surface area contributed by atoms with Gasteiger partial charge in [0.05, 0.1) is 5.92 Å². The summed E-state index contributed by atoms with van der Waals surface area (Å²) in [6.45, 7) is 6.78. The van der Waals surface area contributed by atoms with Gasteiger partial charge in [-0.1, -0.05) is 239 Å². The van der Waals surface area contributed by atoms with Crippen molar-refractivity contribution in [1.82, 2.24) is 0 Å². The van der Waals surface area contributed by atoms with Crippen LogP contribution in [0.25, 0.3) is 0 Å². The Balaban J connectivity index is 3.48. The van der Waals surface area contributed by atoms with E-state index in [4.69, 9.17) is 0 Å². The van der Waals surface area contributed by atoms with Gasteiger partial charge in [0, 0.05) is 0 Å². The molecule has 264 valence electrons. The topological polar surface area (TPSA) is 37.3 Å². The summed E-state index contributed by atoms with van der Waals surface area (Å²) in [4.78, 5) is 11.9. The number of rotatable bonds is 38. The highest BCUT2D eigenvalue weighted by molar-refractivity contribution is 5.70. The summed E-state index contributed by atoms with van der Waals surface area (Å²) in [6.07, 6.45) is 49.2. The molecule has 0 aromatic rings. The minimum absolute atomic E-state index is 0.132. The number of carboxylic acid groups (broad SMARTS) is 1. The maximum absolute atomic E-state index is 11.9. The Hall–Kier alpha value is -0.530. The van der Waals surface area contributed by atoms with Gasteiger partial charge in [0.25, 0.3) is 0 Å². The van der Waals surface area contributed by atoms with Crippen LogP contribution in [0.1, 0.15) is 252 Å². The van der Waals surface area contributed by atoms with Gasteiger partial charge in [-0.25, -0.2) is 0 Å². The number of hydrogen-bond donors (Lipinski definition) is 1. The molecular weight excluding hydrogens is 536 g/mol. The molecule has 2 unspecified atom stereocenters. The van der Waals surface area contributed by atoms with E-state index in [0.717, 1.165) is 19.3 Å². The third-order valence-corrected chi connectivity index (χ3v) is 10.4. The second kappa shape index (κ2) is 36.9. The van der Waals surface area contributed by atoms with E-state index < -0.39 is 5.97 Å². The number of aliphatic carboxylic acids is 1. The Labute approximate surface area is 279 Å². The molecule has 0 rings (SSSR count). The Bertz CT molecular complexity index is 544. The zero-order valence-electron chi connectivity index (χ0n) is 31.0. The van der Waals surface area contributed by atoms with Crippen LogP contribution in [0, 0.1) is 11.8 Å². The van der Waals surface area contributed by atoms with Crippen molar-refractivity contribution >= 4 is 5.97 Å². The fourth-order valence-corrected chi connectivity index (χ4v) is 7.13. The van der Waals surface area contributed by atoms with Crippen molar-refractivity contribution in [3.05, 3.63) is 0 Å². The highest BCUT2D eigenvalue weighted by Crippen LogP contribution is 2.25. The minimum Gasteiger partial charge on any atom is -0.481 e. The summed E-state index contributed by atoms with van der Waals surface area (Å²) in [5.74, 6) is -0.363. The Morgan fingerprint density at radius 3 is 0.795 bits per heavy atom. The van der Waals surface area contributed by atoms with E-state index in [9.17, 15) is 9.90 Å². The second-order valence-corrected chi connectivity index (χ2v) is 14.8. The van der Waals surface area contributed by atoms with Crippen LogP contribution in [0.15, 0.2) is 0 Å². The number of carboxylic acids is 1. The highest BCUT2D eigenvalue weighted by atomic mass is 16.4. The van der Waals surface area contributed by atoms with E-state index in [1.165, 1.54) is 212 Å². The summed E-state index contributed by atoms with van der Waals surface area (Å²) < 4.78 is 0. The third-order valence-electron chi connectivity index (χ3n) is 10.4. The largest absolute Gasteiger partial charge is 0.481 e. The van der Waals surface area contributed by atoms with Crippen molar-refractivity contribution in [3.8, 4) is 0 Å². The molecule has 0 aliphatic carbocycles. The first kappa shape index (κ1) is 43.5. The third kappa shape index (κ3) is 32.9. The predicted octanol–water partition coefficient (Wildman–Crippen LogP) is 15.4. The van der Waals surface area contributed by atoms with Crippen LogP contribution in [-0.4, -0.2) is 11.1 Å². The van der Waals surface area contributed by atoms with Crippen LogP contribution in [0.2, 0.25) is 0 Å². The number of hydrogen-bond acceptors (Lipinski definition) is 1. The molecule has 0 aliphatic heterocycles. The Kier molecular flexibility index (Phi) is 36.5. The lowest BCUT2D eigenvalue weighted by molar-refractivity contribution is -0.143. The lowest BCUT2D eigenvalue weighted by Gasteiger charge is -2.20. The van der Waals surface area contributed by atoms with Crippen LogP contribution >= 0.6 is 0 Å². The van der Waals surface area contributed by atoms with E-state index >= 15 is 0 Å². The first-order valence-electron chi connectivity index (χ1n) is 20.9. The van der Waals surface area contributed by atoms with E-state index in [0.29, 0.717) is 5.92 Å². The van der Waals surface area contributed by atoms with E-state index in [1.54, 1.807) is 0 Å². The summed E-state index contributed by atoms with van der Waals surface area (Å²) >= 11 is 0. The van der Waals surface area contributed by atoms with E-state index in [1.807, 2.05) is 0 Å². The zero-order chi connectivity index (χ0) is 32.2. The molecule has 0 aromatic carbocycles. The molecular formula is C42H84O2. The molecule has 0 amide bonds. The van der Waals surface area contributed by atoms with Crippen molar-refractivity contribution in [2.45, 2.75) is 252 Å². The summed E-state index contributed by atoms with van der Waals surface area (Å²) in [7, 11) is 0. The molecule has 44 heavy (non-hydrogen) atoms. The molecule has 0 fully saturated rings. The molecule has 0 bridgehead atoms. The van der Waals surface area contributed by atoms with Gasteiger partial charge >= 0.3 is 5.97 Å². The molecule has 0 spiro atoms.